The maximum Gasteiger partial charge on any atom is 0.152 e. The van der Waals surface area contributed by atoms with E-state index in [9.17, 15) is 8.42 Å². The van der Waals surface area contributed by atoms with E-state index in [1.807, 2.05) is 11.8 Å². The zero-order valence-corrected chi connectivity index (χ0v) is 12.7. The number of thioether (sulfide) groups is 1. The van der Waals surface area contributed by atoms with Crippen LogP contribution in [0.2, 0.25) is 0 Å². The zero-order valence-electron chi connectivity index (χ0n) is 11.1. The molecular weight excluding hydrogens is 268 g/mol. The van der Waals surface area contributed by atoms with Crippen LogP contribution < -0.4 is 5.73 Å². The first-order chi connectivity index (χ1) is 8.51. The minimum absolute atomic E-state index is 0.262. The van der Waals surface area contributed by atoms with Crippen LogP contribution in [0.15, 0.2) is 0 Å². The average molecular weight is 292 g/mol. The van der Waals surface area contributed by atoms with Crippen molar-refractivity contribution in [1.29, 1.82) is 0 Å². The number of rotatable bonds is 3. The topological polar surface area (TPSA) is 63.4 Å². The van der Waals surface area contributed by atoms with Gasteiger partial charge in [-0.3, -0.25) is 4.90 Å². The Morgan fingerprint density at radius 3 is 2.89 bits per heavy atom. The Morgan fingerprint density at radius 2 is 2.28 bits per heavy atom. The number of hydrogen-bond donors (Lipinski definition) is 1. The molecule has 0 aliphatic carbocycles. The summed E-state index contributed by atoms with van der Waals surface area (Å²) in [5, 5.41) is 0.631. The highest BCUT2D eigenvalue weighted by atomic mass is 32.2. The van der Waals surface area contributed by atoms with Crippen molar-refractivity contribution in [3.05, 3.63) is 0 Å². The molecule has 2 unspecified atom stereocenters. The molecule has 0 aromatic carbocycles. The number of nitrogens with zero attached hydrogens (tertiary/aromatic N) is 1. The van der Waals surface area contributed by atoms with Crippen molar-refractivity contribution < 1.29 is 8.42 Å². The lowest BCUT2D eigenvalue weighted by Crippen LogP contribution is -2.62. The minimum atomic E-state index is -2.90. The first kappa shape index (κ1) is 14.6. The lowest BCUT2D eigenvalue weighted by Gasteiger charge is -2.48. The van der Waals surface area contributed by atoms with E-state index in [2.05, 4.69) is 11.8 Å². The van der Waals surface area contributed by atoms with E-state index in [1.54, 1.807) is 0 Å². The Kier molecular flexibility index (Phi) is 4.62. The minimum Gasteiger partial charge on any atom is -0.329 e. The Labute approximate surface area is 115 Å². The number of hydrogen-bond acceptors (Lipinski definition) is 5. The molecule has 2 rings (SSSR count). The Morgan fingerprint density at radius 1 is 1.50 bits per heavy atom. The Hall–Kier alpha value is 0.220. The highest BCUT2D eigenvalue weighted by Gasteiger charge is 2.43. The second-order valence-corrected chi connectivity index (χ2v) is 9.06. The van der Waals surface area contributed by atoms with Gasteiger partial charge in [-0.05, 0) is 19.3 Å². The van der Waals surface area contributed by atoms with E-state index >= 15 is 0 Å². The molecule has 2 N–H and O–H groups in total. The van der Waals surface area contributed by atoms with Gasteiger partial charge in [0.2, 0.25) is 0 Å². The molecule has 0 saturated carbocycles. The summed E-state index contributed by atoms with van der Waals surface area (Å²) in [4.78, 5) is 2.37. The molecule has 2 aliphatic heterocycles. The quantitative estimate of drug-likeness (QED) is 0.830. The molecule has 2 aliphatic rings. The van der Waals surface area contributed by atoms with Gasteiger partial charge in [-0.1, -0.05) is 6.92 Å². The summed E-state index contributed by atoms with van der Waals surface area (Å²) in [6.45, 7) is 4.64. The van der Waals surface area contributed by atoms with Crippen LogP contribution in [0.4, 0.5) is 0 Å². The molecule has 18 heavy (non-hydrogen) atoms. The molecule has 0 amide bonds. The fourth-order valence-electron chi connectivity index (χ4n) is 3.11. The first-order valence-electron chi connectivity index (χ1n) is 6.78. The summed E-state index contributed by atoms with van der Waals surface area (Å²) in [6, 6.07) is 0. The van der Waals surface area contributed by atoms with Gasteiger partial charge in [0.05, 0.1) is 11.5 Å². The SMILES string of the molecule is CCC1CN(C2(CN)CCCS(=O)(=O)C2)CCS1. The predicted molar refractivity (Wildman–Crippen MR) is 77.8 cm³/mol. The summed E-state index contributed by atoms with van der Waals surface area (Å²) in [5.74, 6) is 1.70. The van der Waals surface area contributed by atoms with Crippen molar-refractivity contribution in [2.75, 3.05) is 36.9 Å². The zero-order chi connectivity index (χ0) is 13.2. The van der Waals surface area contributed by atoms with Crippen molar-refractivity contribution in [3.8, 4) is 0 Å². The van der Waals surface area contributed by atoms with Gasteiger partial charge < -0.3 is 5.73 Å². The molecule has 0 spiro atoms. The monoisotopic (exact) mass is 292 g/mol. The van der Waals surface area contributed by atoms with Crippen molar-refractivity contribution in [3.63, 3.8) is 0 Å². The lowest BCUT2D eigenvalue weighted by atomic mass is 9.92. The van der Waals surface area contributed by atoms with Crippen molar-refractivity contribution in [2.45, 2.75) is 37.0 Å². The Bertz CT molecular complexity index is 386. The summed E-state index contributed by atoms with van der Waals surface area (Å²) in [6.07, 6.45) is 2.85. The second kappa shape index (κ2) is 5.69. The van der Waals surface area contributed by atoms with Crippen LogP contribution in [0.3, 0.4) is 0 Å². The molecular formula is C12H24N2O2S2. The van der Waals surface area contributed by atoms with Gasteiger partial charge in [-0.25, -0.2) is 8.42 Å². The lowest BCUT2D eigenvalue weighted by molar-refractivity contribution is 0.103. The molecule has 106 valence electrons. The molecule has 0 aromatic heterocycles. The molecule has 2 saturated heterocycles. The van der Waals surface area contributed by atoms with Crippen molar-refractivity contribution in [2.24, 2.45) is 5.73 Å². The molecule has 0 bridgehead atoms. The van der Waals surface area contributed by atoms with E-state index in [-0.39, 0.29) is 11.3 Å². The van der Waals surface area contributed by atoms with Crippen LogP contribution in [0, 0.1) is 0 Å². The van der Waals surface area contributed by atoms with Crippen LogP contribution >= 0.6 is 11.8 Å². The maximum absolute atomic E-state index is 11.9. The molecule has 6 heteroatoms. The molecule has 0 radical (unpaired) electrons. The first-order valence-corrected chi connectivity index (χ1v) is 9.65. The third kappa shape index (κ3) is 3.03. The van der Waals surface area contributed by atoms with E-state index in [0.29, 0.717) is 17.5 Å². The van der Waals surface area contributed by atoms with Gasteiger partial charge in [0.15, 0.2) is 9.84 Å². The fourth-order valence-corrected chi connectivity index (χ4v) is 6.28. The summed E-state index contributed by atoms with van der Waals surface area (Å²) < 4.78 is 23.9. The van der Waals surface area contributed by atoms with E-state index in [4.69, 9.17) is 5.73 Å². The smallest absolute Gasteiger partial charge is 0.152 e. The second-order valence-electron chi connectivity index (χ2n) is 5.47. The van der Waals surface area contributed by atoms with Crippen LogP contribution in [0.5, 0.6) is 0 Å². The van der Waals surface area contributed by atoms with Gasteiger partial charge in [0, 0.05) is 36.2 Å². The van der Waals surface area contributed by atoms with Crippen molar-refractivity contribution in [1.82, 2.24) is 4.90 Å². The van der Waals surface area contributed by atoms with Crippen LogP contribution in [0.1, 0.15) is 26.2 Å². The van der Waals surface area contributed by atoms with Gasteiger partial charge in [0.25, 0.3) is 0 Å². The average Bonchev–Trinajstić information content (AvgIpc) is 2.37. The third-order valence-corrected chi connectivity index (χ3v) is 7.49. The van der Waals surface area contributed by atoms with Gasteiger partial charge in [-0.15, -0.1) is 0 Å². The van der Waals surface area contributed by atoms with E-state index in [0.717, 1.165) is 38.1 Å². The highest BCUT2D eigenvalue weighted by Crippen LogP contribution is 2.33. The van der Waals surface area contributed by atoms with Gasteiger partial charge >= 0.3 is 0 Å². The third-order valence-electron chi connectivity index (χ3n) is 4.23. The Balaban J connectivity index is 2.16. The number of nitrogens with two attached hydrogens (primary N) is 1. The van der Waals surface area contributed by atoms with Crippen LogP contribution in [-0.2, 0) is 9.84 Å². The fraction of sp³-hybridized carbons (Fsp3) is 1.00. The summed E-state index contributed by atoms with van der Waals surface area (Å²) in [7, 11) is -2.90. The standard InChI is InChI=1S/C12H24N2O2S2/c1-2-11-8-14(5-6-17-11)12(9-13)4-3-7-18(15,16)10-12/h11H,2-10,13H2,1H3. The molecule has 2 atom stereocenters. The van der Waals surface area contributed by atoms with Crippen LogP contribution in [0.25, 0.3) is 0 Å². The summed E-state index contributed by atoms with van der Waals surface area (Å²) in [5.41, 5.74) is 5.68. The van der Waals surface area contributed by atoms with E-state index in [1.165, 1.54) is 0 Å². The molecule has 4 nitrogen and oxygen atoms in total. The van der Waals surface area contributed by atoms with Crippen LogP contribution in [-0.4, -0.2) is 61.0 Å². The largest absolute Gasteiger partial charge is 0.329 e. The molecule has 2 fully saturated rings. The van der Waals surface area contributed by atoms with E-state index < -0.39 is 9.84 Å². The predicted octanol–water partition coefficient (Wildman–Crippen LogP) is 0.720. The number of sulfone groups is 1. The maximum atomic E-state index is 11.9. The van der Waals surface area contributed by atoms with Crippen molar-refractivity contribution >= 4 is 21.6 Å². The van der Waals surface area contributed by atoms with Gasteiger partial charge in [-0.2, -0.15) is 11.8 Å². The van der Waals surface area contributed by atoms with Gasteiger partial charge in [0.1, 0.15) is 0 Å². The highest BCUT2D eigenvalue weighted by molar-refractivity contribution is 8.00. The normalized spacial score (nSPS) is 37.6. The molecule has 2 heterocycles. The molecule has 0 aromatic rings. The summed E-state index contributed by atoms with van der Waals surface area (Å²) >= 11 is 2.01.